The van der Waals surface area contributed by atoms with Crippen molar-refractivity contribution in [3.63, 3.8) is 0 Å². The fourth-order valence-electron chi connectivity index (χ4n) is 2.71. The van der Waals surface area contributed by atoms with Crippen molar-refractivity contribution in [1.82, 2.24) is 4.90 Å². The van der Waals surface area contributed by atoms with Gasteiger partial charge in [-0.25, -0.2) is 4.79 Å². The fraction of sp³-hybridized carbons (Fsp3) is 0.500. The number of likely N-dealkylation sites (tertiary alicyclic amines) is 1. The van der Waals surface area contributed by atoms with Crippen LogP contribution in [-0.4, -0.2) is 42.5 Å². The summed E-state index contributed by atoms with van der Waals surface area (Å²) in [5.41, 5.74) is 1.30. The molecule has 2 N–H and O–H groups in total. The first-order valence-corrected chi connectivity index (χ1v) is 8.66. The summed E-state index contributed by atoms with van der Waals surface area (Å²) in [6, 6.07) is 7.08. The van der Waals surface area contributed by atoms with Crippen LogP contribution in [0.15, 0.2) is 24.3 Å². The molecule has 1 heterocycles. The number of carbonyl (C=O) groups is 3. The molecule has 0 aliphatic carbocycles. The molecule has 7 nitrogen and oxygen atoms in total. The maximum absolute atomic E-state index is 12.4. The maximum atomic E-state index is 12.4. The molecular formula is C18H25N3O4. The van der Waals surface area contributed by atoms with E-state index in [-0.39, 0.29) is 23.8 Å². The predicted octanol–water partition coefficient (Wildman–Crippen LogP) is 2.84. The van der Waals surface area contributed by atoms with Crippen molar-refractivity contribution in [3.05, 3.63) is 24.3 Å². The highest BCUT2D eigenvalue weighted by Crippen LogP contribution is 2.21. The van der Waals surface area contributed by atoms with Gasteiger partial charge in [-0.3, -0.25) is 9.59 Å². The molecule has 0 bridgehead atoms. The lowest BCUT2D eigenvalue weighted by molar-refractivity contribution is -0.121. The van der Waals surface area contributed by atoms with Crippen LogP contribution in [0.1, 0.15) is 33.1 Å². The summed E-state index contributed by atoms with van der Waals surface area (Å²) < 4.78 is 4.98. The van der Waals surface area contributed by atoms with Crippen molar-refractivity contribution in [1.29, 1.82) is 0 Å². The van der Waals surface area contributed by atoms with Crippen molar-refractivity contribution in [2.75, 3.05) is 30.3 Å². The molecule has 1 aliphatic heterocycles. The predicted molar refractivity (Wildman–Crippen MR) is 95.3 cm³/mol. The Morgan fingerprint density at radius 2 is 1.76 bits per heavy atom. The Morgan fingerprint density at radius 1 is 1.12 bits per heavy atom. The lowest BCUT2D eigenvalue weighted by Gasteiger charge is -2.30. The summed E-state index contributed by atoms with van der Waals surface area (Å²) in [4.78, 5) is 37.2. The SMILES string of the molecule is CCOC(=O)N1CCC(C(=O)Nc2cccc(NC(=O)CC)c2)CC1. The second-order valence-corrected chi connectivity index (χ2v) is 5.93. The molecule has 1 saturated heterocycles. The number of hydrogen-bond donors (Lipinski definition) is 2. The van der Waals surface area contributed by atoms with Crippen LogP contribution < -0.4 is 10.6 Å². The van der Waals surface area contributed by atoms with E-state index in [9.17, 15) is 14.4 Å². The zero-order valence-corrected chi connectivity index (χ0v) is 14.7. The molecule has 0 spiro atoms. The largest absolute Gasteiger partial charge is 0.450 e. The monoisotopic (exact) mass is 347 g/mol. The highest BCUT2D eigenvalue weighted by molar-refractivity contribution is 5.95. The minimum atomic E-state index is -0.319. The number of hydrogen-bond acceptors (Lipinski definition) is 4. The summed E-state index contributed by atoms with van der Waals surface area (Å²) in [5.74, 6) is -0.281. The van der Waals surface area contributed by atoms with Gasteiger partial charge < -0.3 is 20.3 Å². The molecule has 3 amide bonds. The zero-order valence-electron chi connectivity index (χ0n) is 14.7. The molecule has 0 saturated carbocycles. The minimum Gasteiger partial charge on any atom is -0.450 e. The van der Waals surface area contributed by atoms with Crippen LogP contribution in [0.4, 0.5) is 16.2 Å². The third-order valence-corrected chi connectivity index (χ3v) is 4.13. The minimum absolute atomic E-state index is 0.0672. The molecule has 0 radical (unpaired) electrons. The van der Waals surface area contributed by atoms with Crippen molar-refractivity contribution < 1.29 is 19.1 Å². The van der Waals surface area contributed by atoms with Crippen molar-refractivity contribution in [2.45, 2.75) is 33.1 Å². The quantitative estimate of drug-likeness (QED) is 0.857. The van der Waals surface area contributed by atoms with E-state index >= 15 is 0 Å². The number of amides is 3. The first kappa shape index (κ1) is 18.8. The molecule has 1 aromatic rings. The summed E-state index contributed by atoms with van der Waals surface area (Å²) in [6.45, 7) is 4.94. The second-order valence-electron chi connectivity index (χ2n) is 5.93. The summed E-state index contributed by atoms with van der Waals surface area (Å²) in [5, 5.41) is 5.65. The molecule has 1 aliphatic rings. The normalized spacial score (nSPS) is 14.7. The van der Waals surface area contributed by atoms with Gasteiger partial charge in [-0.15, -0.1) is 0 Å². The smallest absolute Gasteiger partial charge is 0.409 e. The van der Waals surface area contributed by atoms with Crippen LogP contribution in [0.2, 0.25) is 0 Å². The van der Waals surface area contributed by atoms with Gasteiger partial charge in [0.2, 0.25) is 11.8 Å². The Hall–Kier alpha value is -2.57. The van der Waals surface area contributed by atoms with Gasteiger partial charge in [-0.2, -0.15) is 0 Å². The van der Waals surface area contributed by atoms with Crippen LogP contribution >= 0.6 is 0 Å². The van der Waals surface area contributed by atoms with Gasteiger partial charge in [0.05, 0.1) is 6.61 Å². The Labute approximate surface area is 147 Å². The highest BCUT2D eigenvalue weighted by atomic mass is 16.6. The molecule has 7 heteroatoms. The Balaban J connectivity index is 1.87. The van der Waals surface area contributed by atoms with Gasteiger partial charge >= 0.3 is 6.09 Å². The van der Waals surface area contributed by atoms with E-state index in [1.807, 2.05) is 0 Å². The van der Waals surface area contributed by atoms with E-state index in [1.54, 1.807) is 43.0 Å². The Bertz CT molecular complexity index is 625. The molecule has 1 aromatic carbocycles. The van der Waals surface area contributed by atoms with Crippen molar-refractivity contribution >= 4 is 29.3 Å². The van der Waals surface area contributed by atoms with Gasteiger partial charge in [0.25, 0.3) is 0 Å². The second kappa shape index (κ2) is 9.05. The fourth-order valence-corrected chi connectivity index (χ4v) is 2.71. The van der Waals surface area contributed by atoms with Crippen LogP contribution in [0.25, 0.3) is 0 Å². The number of anilines is 2. The lowest BCUT2D eigenvalue weighted by atomic mass is 9.96. The van der Waals surface area contributed by atoms with E-state index in [2.05, 4.69) is 10.6 Å². The average Bonchev–Trinajstić information content (AvgIpc) is 2.62. The molecule has 1 fully saturated rings. The summed E-state index contributed by atoms with van der Waals surface area (Å²) in [7, 11) is 0. The van der Waals surface area contributed by atoms with Crippen LogP contribution in [-0.2, 0) is 14.3 Å². The standard InChI is InChI=1S/C18H25N3O4/c1-3-16(22)19-14-6-5-7-15(12-14)20-17(23)13-8-10-21(11-9-13)18(24)25-4-2/h5-7,12-13H,3-4,8-11H2,1-2H3,(H,19,22)(H,20,23). The van der Waals surface area contributed by atoms with E-state index < -0.39 is 0 Å². The number of nitrogens with zero attached hydrogens (tertiary/aromatic N) is 1. The van der Waals surface area contributed by atoms with Gasteiger partial charge in [-0.05, 0) is 38.0 Å². The van der Waals surface area contributed by atoms with E-state index in [4.69, 9.17) is 4.74 Å². The third-order valence-electron chi connectivity index (χ3n) is 4.13. The van der Waals surface area contributed by atoms with Gasteiger partial charge in [0, 0.05) is 36.8 Å². The molecule has 0 atom stereocenters. The number of rotatable bonds is 5. The maximum Gasteiger partial charge on any atom is 0.409 e. The van der Waals surface area contributed by atoms with Crippen LogP contribution in [0, 0.1) is 5.92 Å². The zero-order chi connectivity index (χ0) is 18.2. The van der Waals surface area contributed by atoms with Gasteiger partial charge in [0.15, 0.2) is 0 Å². The molecular weight excluding hydrogens is 322 g/mol. The van der Waals surface area contributed by atoms with Gasteiger partial charge in [0.1, 0.15) is 0 Å². The molecule has 0 unspecified atom stereocenters. The number of nitrogens with one attached hydrogen (secondary N) is 2. The average molecular weight is 347 g/mol. The van der Waals surface area contributed by atoms with Crippen molar-refractivity contribution in [3.8, 4) is 0 Å². The molecule has 136 valence electrons. The highest BCUT2D eigenvalue weighted by Gasteiger charge is 2.27. The Kier molecular flexibility index (Phi) is 6.80. The number of piperidine rings is 1. The number of ether oxygens (including phenoxy) is 1. The molecule has 25 heavy (non-hydrogen) atoms. The summed E-state index contributed by atoms with van der Waals surface area (Å²) >= 11 is 0. The number of benzene rings is 1. The molecule has 2 rings (SSSR count). The first-order chi connectivity index (χ1) is 12.0. The van der Waals surface area contributed by atoms with Crippen LogP contribution in [0.5, 0.6) is 0 Å². The van der Waals surface area contributed by atoms with E-state index in [0.717, 1.165) is 0 Å². The van der Waals surface area contributed by atoms with E-state index in [1.165, 1.54) is 0 Å². The number of carbonyl (C=O) groups excluding carboxylic acids is 3. The molecule has 0 aromatic heterocycles. The summed E-state index contributed by atoms with van der Waals surface area (Å²) in [6.07, 6.45) is 1.30. The third kappa shape index (κ3) is 5.48. The topological polar surface area (TPSA) is 87.7 Å². The van der Waals surface area contributed by atoms with E-state index in [0.29, 0.717) is 50.3 Å². The van der Waals surface area contributed by atoms with Crippen LogP contribution in [0.3, 0.4) is 0 Å². The van der Waals surface area contributed by atoms with Gasteiger partial charge in [-0.1, -0.05) is 13.0 Å². The first-order valence-electron chi connectivity index (χ1n) is 8.66. The lowest BCUT2D eigenvalue weighted by Crippen LogP contribution is -2.41. The Morgan fingerprint density at radius 3 is 2.36 bits per heavy atom. The van der Waals surface area contributed by atoms with Crippen molar-refractivity contribution in [2.24, 2.45) is 5.92 Å².